The Balaban J connectivity index is 4.40. The van der Waals surface area contributed by atoms with Gasteiger partial charge in [-0.3, -0.25) is 0 Å². The molecule has 0 bridgehead atoms. The third kappa shape index (κ3) is 4.09. The van der Waals surface area contributed by atoms with Crippen molar-refractivity contribution in [3.8, 4) is 0 Å². The summed E-state index contributed by atoms with van der Waals surface area (Å²) in [5.41, 5.74) is 12.4. The van der Waals surface area contributed by atoms with Gasteiger partial charge in [0.05, 0.1) is 0 Å². The monoisotopic (exact) mass is 215 g/mol. The molecule has 0 spiro atoms. The number of hydrogen-bond donors (Lipinski definition) is 3. The first-order valence-corrected chi connectivity index (χ1v) is 6.24. The minimum atomic E-state index is 0.0126. The highest BCUT2D eigenvalue weighted by Crippen LogP contribution is 2.26. The first-order chi connectivity index (χ1) is 7.02. The maximum absolute atomic E-state index is 6.19. The van der Waals surface area contributed by atoms with Crippen LogP contribution in [-0.2, 0) is 0 Å². The van der Waals surface area contributed by atoms with Crippen molar-refractivity contribution >= 4 is 0 Å². The quantitative estimate of drug-likeness (QED) is 0.537. The average Bonchev–Trinajstić information content (AvgIpc) is 2.26. The van der Waals surface area contributed by atoms with Gasteiger partial charge in [0.25, 0.3) is 0 Å². The summed E-state index contributed by atoms with van der Waals surface area (Å²) in [6.07, 6.45) is 3.12. The zero-order chi connectivity index (χ0) is 11.9. The first-order valence-electron chi connectivity index (χ1n) is 6.24. The predicted molar refractivity (Wildman–Crippen MR) is 67.8 cm³/mol. The average molecular weight is 215 g/mol. The van der Waals surface area contributed by atoms with Crippen LogP contribution in [0.2, 0.25) is 0 Å². The predicted octanol–water partition coefficient (Wildman–Crippen LogP) is 1.47. The molecule has 0 saturated heterocycles. The molecule has 92 valence electrons. The lowest BCUT2D eigenvalue weighted by atomic mass is 9.74. The second-order valence-corrected chi connectivity index (χ2v) is 4.71. The molecule has 0 rings (SSSR count). The lowest BCUT2D eigenvalue weighted by Gasteiger charge is -2.40. The Morgan fingerprint density at radius 1 is 1.07 bits per heavy atom. The fraction of sp³-hybridized carbons (Fsp3) is 1.00. The molecule has 2 unspecified atom stereocenters. The van der Waals surface area contributed by atoms with Crippen LogP contribution in [0, 0.1) is 5.41 Å². The summed E-state index contributed by atoms with van der Waals surface area (Å²) in [4.78, 5) is 0. The molecule has 0 aliphatic carbocycles. The fourth-order valence-electron chi connectivity index (χ4n) is 2.00. The van der Waals surface area contributed by atoms with Gasteiger partial charge in [-0.25, -0.2) is 0 Å². The summed E-state index contributed by atoms with van der Waals surface area (Å²) in [6.45, 7) is 10.6. The summed E-state index contributed by atoms with van der Waals surface area (Å²) in [5.74, 6) is 0. The molecule has 0 aliphatic heterocycles. The Morgan fingerprint density at radius 3 is 1.87 bits per heavy atom. The molecule has 3 heteroatoms. The molecule has 0 fully saturated rings. The van der Waals surface area contributed by atoms with Gasteiger partial charge in [-0.2, -0.15) is 0 Å². The summed E-state index contributed by atoms with van der Waals surface area (Å²) < 4.78 is 0. The van der Waals surface area contributed by atoms with E-state index in [0.29, 0.717) is 0 Å². The largest absolute Gasteiger partial charge is 0.327 e. The van der Waals surface area contributed by atoms with E-state index in [1.54, 1.807) is 0 Å². The van der Waals surface area contributed by atoms with Crippen molar-refractivity contribution in [1.29, 1.82) is 0 Å². The van der Waals surface area contributed by atoms with E-state index in [-0.39, 0.29) is 17.5 Å². The van der Waals surface area contributed by atoms with E-state index < -0.39 is 0 Å². The molecule has 0 aromatic carbocycles. The van der Waals surface area contributed by atoms with Crippen molar-refractivity contribution in [2.45, 2.75) is 59.0 Å². The molecule has 0 saturated carbocycles. The lowest BCUT2D eigenvalue weighted by Crippen LogP contribution is -2.56. The standard InChI is InChI=1S/C12H29N3/c1-5-8-15-9-12(4,10(13)6-2)11(14)7-3/h10-11,15H,5-9,13-14H2,1-4H3. The van der Waals surface area contributed by atoms with Crippen LogP contribution in [0.1, 0.15) is 47.0 Å². The Labute approximate surface area is 95.0 Å². The summed E-state index contributed by atoms with van der Waals surface area (Å²) in [5, 5.41) is 3.45. The third-order valence-electron chi connectivity index (χ3n) is 3.51. The molecular weight excluding hydrogens is 186 g/mol. The van der Waals surface area contributed by atoms with E-state index in [9.17, 15) is 0 Å². The van der Waals surface area contributed by atoms with Crippen LogP contribution in [0.4, 0.5) is 0 Å². The van der Waals surface area contributed by atoms with Crippen molar-refractivity contribution in [2.24, 2.45) is 16.9 Å². The van der Waals surface area contributed by atoms with Gasteiger partial charge in [0.2, 0.25) is 0 Å². The zero-order valence-electron chi connectivity index (χ0n) is 10.8. The Morgan fingerprint density at radius 2 is 1.53 bits per heavy atom. The maximum Gasteiger partial charge on any atom is 0.0117 e. The topological polar surface area (TPSA) is 64.1 Å². The highest BCUT2D eigenvalue weighted by molar-refractivity contribution is 4.94. The smallest absolute Gasteiger partial charge is 0.0117 e. The van der Waals surface area contributed by atoms with Gasteiger partial charge < -0.3 is 16.8 Å². The van der Waals surface area contributed by atoms with Crippen LogP contribution in [0.5, 0.6) is 0 Å². The molecule has 0 radical (unpaired) electrons. The summed E-state index contributed by atoms with van der Waals surface area (Å²) >= 11 is 0. The SMILES string of the molecule is CCCNCC(C)(C(N)CC)C(N)CC. The van der Waals surface area contributed by atoms with Gasteiger partial charge >= 0.3 is 0 Å². The van der Waals surface area contributed by atoms with Crippen LogP contribution in [0.25, 0.3) is 0 Å². The second kappa shape index (κ2) is 7.20. The third-order valence-corrected chi connectivity index (χ3v) is 3.51. The van der Waals surface area contributed by atoms with Gasteiger partial charge in [-0.05, 0) is 25.8 Å². The van der Waals surface area contributed by atoms with Gasteiger partial charge in [0.1, 0.15) is 0 Å². The van der Waals surface area contributed by atoms with Gasteiger partial charge in [0.15, 0.2) is 0 Å². The Kier molecular flexibility index (Phi) is 7.14. The second-order valence-electron chi connectivity index (χ2n) is 4.71. The maximum atomic E-state index is 6.19. The minimum Gasteiger partial charge on any atom is -0.327 e. The number of nitrogens with two attached hydrogens (primary N) is 2. The van der Waals surface area contributed by atoms with Crippen LogP contribution < -0.4 is 16.8 Å². The Hall–Kier alpha value is -0.120. The van der Waals surface area contributed by atoms with Crippen LogP contribution >= 0.6 is 0 Å². The molecular formula is C12H29N3. The highest BCUT2D eigenvalue weighted by atomic mass is 14.9. The van der Waals surface area contributed by atoms with Crippen molar-refractivity contribution in [1.82, 2.24) is 5.32 Å². The van der Waals surface area contributed by atoms with Crippen molar-refractivity contribution < 1.29 is 0 Å². The molecule has 0 aromatic heterocycles. The number of nitrogens with one attached hydrogen (secondary N) is 1. The molecule has 3 nitrogen and oxygen atoms in total. The van der Waals surface area contributed by atoms with Crippen molar-refractivity contribution in [3.63, 3.8) is 0 Å². The van der Waals surface area contributed by atoms with Crippen LogP contribution in [0.15, 0.2) is 0 Å². The summed E-state index contributed by atoms with van der Waals surface area (Å²) in [7, 11) is 0. The van der Waals surface area contributed by atoms with Crippen molar-refractivity contribution in [3.05, 3.63) is 0 Å². The normalized spacial score (nSPS) is 19.6. The molecule has 5 N–H and O–H groups in total. The molecule has 15 heavy (non-hydrogen) atoms. The molecule has 2 atom stereocenters. The molecule has 0 heterocycles. The van der Waals surface area contributed by atoms with E-state index in [1.807, 2.05) is 0 Å². The van der Waals surface area contributed by atoms with Gasteiger partial charge in [0, 0.05) is 24.0 Å². The molecule has 0 amide bonds. The van der Waals surface area contributed by atoms with Crippen molar-refractivity contribution in [2.75, 3.05) is 13.1 Å². The highest BCUT2D eigenvalue weighted by Gasteiger charge is 2.35. The van der Waals surface area contributed by atoms with Gasteiger partial charge in [-0.1, -0.05) is 27.7 Å². The van der Waals surface area contributed by atoms with Gasteiger partial charge in [-0.15, -0.1) is 0 Å². The first kappa shape index (κ1) is 14.9. The minimum absolute atomic E-state index is 0.0126. The van der Waals surface area contributed by atoms with Crippen LogP contribution in [-0.4, -0.2) is 25.2 Å². The number of hydrogen-bond acceptors (Lipinski definition) is 3. The van der Waals surface area contributed by atoms with E-state index in [0.717, 1.165) is 32.4 Å². The fourth-order valence-corrected chi connectivity index (χ4v) is 2.00. The van der Waals surface area contributed by atoms with E-state index in [1.165, 1.54) is 0 Å². The molecule has 0 aliphatic rings. The van der Waals surface area contributed by atoms with E-state index in [4.69, 9.17) is 11.5 Å². The lowest BCUT2D eigenvalue weighted by molar-refractivity contribution is 0.182. The number of rotatable bonds is 8. The van der Waals surface area contributed by atoms with E-state index >= 15 is 0 Å². The summed E-state index contributed by atoms with van der Waals surface area (Å²) in [6, 6.07) is 0.355. The zero-order valence-corrected chi connectivity index (χ0v) is 10.8. The molecule has 0 aromatic rings. The van der Waals surface area contributed by atoms with E-state index in [2.05, 4.69) is 33.0 Å². The van der Waals surface area contributed by atoms with Crippen LogP contribution in [0.3, 0.4) is 0 Å². The Bertz CT molecular complexity index is 149.